The topological polar surface area (TPSA) is 29.5 Å². The third kappa shape index (κ3) is 2.45. The second-order valence-electron chi connectivity index (χ2n) is 9.56. The SMILES string of the molecule is C=C1CCC[C@]2(C)c3ccc([C@@]4(OC)C(=O)N(C)[C@@H]4c4ccccc4)cc3CC[C@@H]12. The molecule has 2 aromatic carbocycles. The highest BCUT2D eigenvalue weighted by Crippen LogP contribution is 2.55. The first-order valence-corrected chi connectivity index (χ1v) is 11.1. The van der Waals surface area contributed by atoms with Gasteiger partial charge in [-0.05, 0) is 65.7 Å². The van der Waals surface area contributed by atoms with Gasteiger partial charge >= 0.3 is 0 Å². The van der Waals surface area contributed by atoms with E-state index in [1.807, 2.05) is 25.2 Å². The zero-order valence-corrected chi connectivity index (χ0v) is 18.3. The highest BCUT2D eigenvalue weighted by Gasteiger charge is 2.62. The maximum Gasteiger partial charge on any atom is 0.262 e. The second kappa shape index (κ2) is 6.81. The number of nitrogens with zero attached hydrogens (tertiary/aromatic N) is 1. The van der Waals surface area contributed by atoms with E-state index in [1.54, 1.807) is 12.0 Å². The van der Waals surface area contributed by atoms with E-state index in [2.05, 4.69) is 43.8 Å². The van der Waals surface area contributed by atoms with Crippen molar-refractivity contribution < 1.29 is 9.53 Å². The van der Waals surface area contributed by atoms with Gasteiger partial charge in [-0.15, -0.1) is 0 Å². The molecular formula is C27H31NO2. The number of likely N-dealkylation sites (N-methyl/N-ethyl adjacent to an activating group) is 1. The highest BCUT2D eigenvalue weighted by molar-refractivity contribution is 5.94. The smallest absolute Gasteiger partial charge is 0.262 e. The molecule has 156 valence electrons. The van der Waals surface area contributed by atoms with E-state index in [0.29, 0.717) is 5.92 Å². The van der Waals surface area contributed by atoms with Crippen molar-refractivity contribution in [1.29, 1.82) is 0 Å². The number of hydrogen-bond acceptors (Lipinski definition) is 2. The molecule has 30 heavy (non-hydrogen) atoms. The van der Waals surface area contributed by atoms with E-state index in [1.165, 1.54) is 36.0 Å². The van der Waals surface area contributed by atoms with Crippen LogP contribution in [0.3, 0.4) is 0 Å². The Labute approximate surface area is 179 Å². The normalized spacial score (nSPS) is 33.0. The molecule has 1 aliphatic heterocycles. The minimum absolute atomic E-state index is 0.0322. The van der Waals surface area contributed by atoms with Crippen molar-refractivity contribution in [3.63, 3.8) is 0 Å². The van der Waals surface area contributed by atoms with E-state index in [0.717, 1.165) is 24.0 Å². The van der Waals surface area contributed by atoms with E-state index in [-0.39, 0.29) is 17.4 Å². The van der Waals surface area contributed by atoms with E-state index in [4.69, 9.17) is 4.74 Å². The first-order chi connectivity index (χ1) is 14.4. The average Bonchev–Trinajstić information content (AvgIpc) is 2.76. The Morgan fingerprint density at radius 3 is 2.63 bits per heavy atom. The molecule has 1 saturated heterocycles. The summed E-state index contributed by atoms with van der Waals surface area (Å²) in [5.74, 6) is 0.610. The van der Waals surface area contributed by atoms with Gasteiger partial charge in [-0.1, -0.05) is 67.6 Å². The number of amides is 1. The van der Waals surface area contributed by atoms with Crippen molar-refractivity contribution in [3.05, 3.63) is 82.9 Å². The van der Waals surface area contributed by atoms with Gasteiger partial charge in [-0.3, -0.25) is 4.79 Å². The Kier molecular flexibility index (Phi) is 4.44. The van der Waals surface area contributed by atoms with E-state index >= 15 is 0 Å². The number of aryl methyl sites for hydroxylation is 1. The van der Waals surface area contributed by atoms with Crippen LogP contribution in [0.25, 0.3) is 0 Å². The molecule has 4 atom stereocenters. The van der Waals surface area contributed by atoms with Gasteiger partial charge in [0, 0.05) is 14.2 Å². The predicted octanol–water partition coefficient (Wildman–Crippen LogP) is 5.30. The lowest BCUT2D eigenvalue weighted by molar-refractivity contribution is -0.199. The van der Waals surface area contributed by atoms with Gasteiger partial charge in [0.2, 0.25) is 0 Å². The third-order valence-electron chi connectivity index (χ3n) is 8.16. The summed E-state index contributed by atoms with van der Waals surface area (Å²) in [5, 5.41) is 0. The molecule has 2 aliphatic carbocycles. The second-order valence-corrected chi connectivity index (χ2v) is 9.56. The number of carbonyl (C=O) groups is 1. The number of hydrogen-bond donors (Lipinski definition) is 0. The molecule has 1 saturated carbocycles. The molecule has 1 amide bonds. The standard InChI is InChI=1S/C27H31NO2/c1-18-9-8-16-26(2)22(18)14-12-20-17-21(13-15-23(20)26)27(30-4)24(28(3)25(27)29)19-10-6-5-7-11-19/h5-7,10-11,13,15,17,22,24H,1,8-9,12,14,16H2,2-4H3/t22-,24+,26-,27-/m0/s1. The molecule has 0 N–H and O–H groups in total. The number of carbonyl (C=O) groups excluding carboxylic acids is 1. The van der Waals surface area contributed by atoms with Crippen molar-refractivity contribution in [2.75, 3.05) is 14.2 Å². The number of ether oxygens (including phenoxy) is 1. The summed E-state index contributed by atoms with van der Waals surface area (Å²) in [4.78, 5) is 15.0. The number of allylic oxidation sites excluding steroid dienone is 1. The molecule has 0 unspecified atom stereocenters. The van der Waals surface area contributed by atoms with Crippen LogP contribution < -0.4 is 0 Å². The van der Waals surface area contributed by atoms with Crippen LogP contribution in [0.4, 0.5) is 0 Å². The molecule has 2 aromatic rings. The fraction of sp³-hybridized carbons (Fsp3) is 0.444. The number of likely N-dealkylation sites (tertiary alicyclic amines) is 1. The predicted molar refractivity (Wildman–Crippen MR) is 119 cm³/mol. The zero-order valence-electron chi connectivity index (χ0n) is 18.3. The Bertz CT molecular complexity index is 1010. The average molecular weight is 402 g/mol. The van der Waals surface area contributed by atoms with Crippen LogP contribution in [0, 0.1) is 5.92 Å². The number of benzene rings is 2. The summed E-state index contributed by atoms with van der Waals surface area (Å²) in [6.45, 7) is 6.82. The minimum Gasteiger partial charge on any atom is -0.361 e. The fourth-order valence-corrected chi connectivity index (χ4v) is 6.61. The van der Waals surface area contributed by atoms with Crippen LogP contribution in [0.15, 0.2) is 60.7 Å². The van der Waals surface area contributed by atoms with E-state index in [9.17, 15) is 4.79 Å². The lowest BCUT2D eigenvalue weighted by atomic mass is 9.56. The molecule has 0 aromatic heterocycles. The van der Waals surface area contributed by atoms with Crippen LogP contribution in [0.5, 0.6) is 0 Å². The van der Waals surface area contributed by atoms with Gasteiger partial charge in [-0.2, -0.15) is 0 Å². The van der Waals surface area contributed by atoms with Crippen molar-refractivity contribution in [2.24, 2.45) is 5.92 Å². The summed E-state index contributed by atoms with van der Waals surface area (Å²) >= 11 is 0. The van der Waals surface area contributed by atoms with Crippen molar-refractivity contribution >= 4 is 5.91 Å². The zero-order chi connectivity index (χ0) is 21.1. The lowest BCUT2D eigenvalue weighted by Crippen LogP contribution is -2.65. The fourth-order valence-electron chi connectivity index (χ4n) is 6.61. The maximum atomic E-state index is 13.2. The monoisotopic (exact) mass is 401 g/mol. The first-order valence-electron chi connectivity index (χ1n) is 11.1. The van der Waals surface area contributed by atoms with Crippen LogP contribution in [0.1, 0.15) is 60.9 Å². The summed E-state index contributed by atoms with van der Waals surface area (Å²) in [6, 6.07) is 16.8. The van der Waals surface area contributed by atoms with Gasteiger partial charge in [-0.25, -0.2) is 0 Å². The van der Waals surface area contributed by atoms with Crippen LogP contribution >= 0.6 is 0 Å². The van der Waals surface area contributed by atoms with Gasteiger partial charge in [0.1, 0.15) is 0 Å². The molecule has 0 radical (unpaired) electrons. The number of rotatable bonds is 3. The van der Waals surface area contributed by atoms with Crippen molar-refractivity contribution in [2.45, 2.75) is 56.1 Å². The first kappa shape index (κ1) is 19.6. The molecule has 0 bridgehead atoms. The van der Waals surface area contributed by atoms with Gasteiger partial charge in [0.05, 0.1) is 6.04 Å². The number of β-lactam (4-membered cyclic amide) rings is 1. The number of methoxy groups -OCH3 is 1. The largest absolute Gasteiger partial charge is 0.361 e. The Morgan fingerprint density at radius 1 is 1.13 bits per heavy atom. The summed E-state index contributed by atoms with van der Waals surface area (Å²) < 4.78 is 6.04. The Morgan fingerprint density at radius 2 is 1.90 bits per heavy atom. The minimum atomic E-state index is -0.945. The molecule has 0 spiro atoms. The molecule has 1 heterocycles. The van der Waals surface area contributed by atoms with Crippen molar-refractivity contribution in [3.8, 4) is 0 Å². The highest BCUT2D eigenvalue weighted by atomic mass is 16.5. The molecule has 2 fully saturated rings. The molecule has 5 rings (SSSR count). The summed E-state index contributed by atoms with van der Waals surface area (Å²) in [6.07, 6.45) is 5.80. The molecular weight excluding hydrogens is 370 g/mol. The van der Waals surface area contributed by atoms with Gasteiger partial charge in [0.15, 0.2) is 5.60 Å². The van der Waals surface area contributed by atoms with Gasteiger partial charge < -0.3 is 9.64 Å². The van der Waals surface area contributed by atoms with Crippen LogP contribution in [-0.4, -0.2) is 25.0 Å². The Balaban J connectivity index is 1.59. The Hall–Kier alpha value is -2.39. The van der Waals surface area contributed by atoms with Crippen LogP contribution in [-0.2, 0) is 27.0 Å². The lowest BCUT2D eigenvalue weighted by Gasteiger charge is -2.54. The molecule has 3 heteroatoms. The summed E-state index contributed by atoms with van der Waals surface area (Å²) in [5.41, 5.74) is 5.57. The number of fused-ring (bicyclic) bond motifs is 3. The molecule has 3 nitrogen and oxygen atoms in total. The third-order valence-corrected chi connectivity index (χ3v) is 8.16. The van der Waals surface area contributed by atoms with Crippen LogP contribution in [0.2, 0.25) is 0 Å². The van der Waals surface area contributed by atoms with Crippen molar-refractivity contribution in [1.82, 2.24) is 4.90 Å². The van der Waals surface area contributed by atoms with Gasteiger partial charge in [0.25, 0.3) is 5.91 Å². The quantitative estimate of drug-likeness (QED) is 0.516. The maximum absolute atomic E-state index is 13.2. The molecule has 3 aliphatic rings. The van der Waals surface area contributed by atoms with E-state index < -0.39 is 5.60 Å². The summed E-state index contributed by atoms with van der Waals surface area (Å²) in [7, 11) is 3.54.